The largest absolute Gasteiger partial charge is 0.312 e. The molecule has 1 aromatic carbocycles. The average molecular weight is 314 g/mol. The van der Waals surface area contributed by atoms with Crippen molar-refractivity contribution in [1.29, 1.82) is 0 Å². The van der Waals surface area contributed by atoms with Crippen LogP contribution < -0.4 is 0 Å². The second kappa shape index (κ2) is 9.25. The van der Waals surface area contributed by atoms with Crippen molar-refractivity contribution in [3.63, 3.8) is 0 Å². The Morgan fingerprint density at radius 1 is 1.04 bits per heavy atom. The van der Waals surface area contributed by atoms with Crippen molar-refractivity contribution in [3.8, 4) is 0 Å². The molecular weight excluding hydrogens is 291 g/mol. The maximum absolute atomic E-state index is 12.0. The molecular formula is C17H23BN2O3. The summed E-state index contributed by atoms with van der Waals surface area (Å²) in [6.45, 7) is 0.351. The second-order valence-corrected chi connectivity index (χ2v) is 5.85. The van der Waals surface area contributed by atoms with Gasteiger partial charge in [0, 0.05) is 13.0 Å². The number of Topliss-reactive ketones (excluding diaryl/α,β-unsaturated/α-hetero) is 1. The topological polar surface area (TPSA) is 57.7 Å². The fourth-order valence-corrected chi connectivity index (χ4v) is 2.14. The highest BCUT2D eigenvalue weighted by atomic mass is 16.2. The van der Waals surface area contributed by atoms with E-state index in [4.69, 9.17) is 7.85 Å². The summed E-state index contributed by atoms with van der Waals surface area (Å²) >= 11 is 0. The molecule has 23 heavy (non-hydrogen) atoms. The summed E-state index contributed by atoms with van der Waals surface area (Å²) in [4.78, 5) is 38.3. The van der Waals surface area contributed by atoms with Crippen molar-refractivity contribution in [2.75, 3.05) is 27.7 Å². The Labute approximate surface area is 139 Å². The molecule has 0 unspecified atom stereocenters. The molecule has 0 saturated carbocycles. The van der Waals surface area contributed by atoms with E-state index in [1.165, 1.54) is 4.90 Å². The van der Waals surface area contributed by atoms with E-state index in [0.29, 0.717) is 36.9 Å². The summed E-state index contributed by atoms with van der Waals surface area (Å²) in [7, 11) is 11.2. The van der Waals surface area contributed by atoms with Crippen LogP contribution in [0.4, 0.5) is 0 Å². The van der Waals surface area contributed by atoms with E-state index in [9.17, 15) is 14.4 Å². The number of hydrogen-bond acceptors (Lipinski definition) is 4. The number of ketones is 1. The maximum Gasteiger partial charge on any atom is 0.261 e. The Hall–Kier alpha value is -1.95. The first-order valence-corrected chi connectivity index (χ1v) is 7.66. The average Bonchev–Trinajstić information content (AvgIpc) is 2.75. The zero-order valence-electron chi connectivity index (χ0n) is 14.0. The van der Waals surface area contributed by atoms with Gasteiger partial charge in [-0.25, -0.2) is 0 Å². The Kier molecular flexibility index (Phi) is 7.68. The van der Waals surface area contributed by atoms with E-state index in [0.717, 1.165) is 0 Å². The SMILES string of the molecule is CN(C)C.[B]CC(=O)CCCCN1C(=O)c2ccccc2C1=O. The van der Waals surface area contributed by atoms with Crippen LogP contribution in [0.1, 0.15) is 40.0 Å². The molecule has 2 amide bonds. The fourth-order valence-electron chi connectivity index (χ4n) is 2.14. The van der Waals surface area contributed by atoms with Crippen molar-refractivity contribution in [2.45, 2.75) is 25.6 Å². The van der Waals surface area contributed by atoms with Crippen LogP contribution in [0.2, 0.25) is 6.32 Å². The lowest BCUT2D eigenvalue weighted by atomic mass is 9.97. The van der Waals surface area contributed by atoms with Gasteiger partial charge in [-0.15, -0.1) is 0 Å². The zero-order chi connectivity index (χ0) is 17.4. The molecule has 1 aliphatic heterocycles. The third-order valence-electron chi connectivity index (χ3n) is 3.19. The van der Waals surface area contributed by atoms with Crippen LogP contribution in [0, 0.1) is 0 Å². The molecule has 0 N–H and O–H groups in total. The number of amides is 2. The number of fused-ring (bicyclic) bond motifs is 1. The van der Waals surface area contributed by atoms with Crippen LogP contribution in [0.5, 0.6) is 0 Å². The molecule has 0 spiro atoms. The number of carbonyl (C=O) groups excluding carboxylic acids is 3. The number of carbonyl (C=O) groups is 3. The van der Waals surface area contributed by atoms with Gasteiger partial charge in [-0.05, 0) is 52.4 Å². The summed E-state index contributed by atoms with van der Waals surface area (Å²) in [6, 6.07) is 6.81. The van der Waals surface area contributed by atoms with Gasteiger partial charge < -0.3 is 9.69 Å². The standard InChI is InChI=1S/C14H14BNO3.C3H9N/c15-9-10(17)5-3-4-8-16-13(18)11-6-1-2-7-12(11)14(16)19;1-4(2)3/h1-2,6-7H,3-5,8-9H2;1-3H3. The molecule has 0 atom stereocenters. The van der Waals surface area contributed by atoms with Crippen molar-refractivity contribution < 1.29 is 14.4 Å². The van der Waals surface area contributed by atoms with Gasteiger partial charge >= 0.3 is 0 Å². The summed E-state index contributed by atoms with van der Waals surface area (Å²) in [5, 5.41) is 0. The van der Waals surface area contributed by atoms with Crippen LogP contribution in [-0.2, 0) is 4.79 Å². The predicted octanol–water partition coefficient (Wildman–Crippen LogP) is 1.79. The van der Waals surface area contributed by atoms with E-state index in [1.54, 1.807) is 24.3 Å². The first kappa shape index (κ1) is 19.1. The van der Waals surface area contributed by atoms with Crippen molar-refractivity contribution >= 4 is 25.4 Å². The zero-order valence-corrected chi connectivity index (χ0v) is 14.0. The first-order chi connectivity index (χ1) is 10.9. The molecule has 0 bridgehead atoms. The molecule has 122 valence electrons. The smallest absolute Gasteiger partial charge is 0.261 e. The Balaban J connectivity index is 0.000000593. The number of rotatable bonds is 6. The molecule has 0 aromatic heterocycles. The third kappa shape index (κ3) is 5.64. The van der Waals surface area contributed by atoms with Crippen LogP contribution in [-0.4, -0.2) is 62.9 Å². The second-order valence-electron chi connectivity index (χ2n) is 5.85. The van der Waals surface area contributed by atoms with E-state index in [2.05, 4.69) is 0 Å². The first-order valence-electron chi connectivity index (χ1n) is 7.66. The van der Waals surface area contributed by atoms with Gasteiger partial charge in [0.2, 0.25) is 0 Å². The highest BCUT2D eigenvalue weighted by Gasteiger charge is 2.34. The van der Waals surface area contributed by atoms with E-state index < -0.39 is 0 Å². The normalized spacial score (nSPS) is 13.0. The van der Waals surface area contributed by atoms with Gasteiger partial charge in [0.1, 0.15) is 5.78 Å². The van der Waals surface area contributed by atoms with E-state index >= 15 is 0 Å². The van der Waals surface area contributed by atoms with Gasteiger partial charge in [0.25, 0.3) is 11.8 Å². The molecule has 1 aromatic rings. The number of unbranched alkanes of at least 4 members (excludes halogenated alkanes) is 1. The van der Waals surface area contributed by atoms with Crippen LogP contribution >= 0.6 is 0 Å². The monoisotopic (exact) mass is 314 g/mol. The summed E-state index contributed by atoms with van der Waals surface area (Å²) in [5.41, 5.74) is 0.927. The quantitative estimate of drug-likeness (QED) is 0.456. The van der Waals surface area contributed by atoms with Gasteiger partial charge in [-0.3, -0.25) is 14.5 Å². The van der Waals surface area contributed by atoms with E-state index in [-0.39, 0.29) is 23.9 Å². The third-order valence-corrected chi connectivity index (χ3v) is 3.19. The highest BCUT2D eigenvalue weighted by molar-refractivity contribution is 6.21. The van der Waals surface area contributed by atoms with Crippen molar-refractivity contribution in [1.82, 2.24) is 9.80 Å². The van der Waals surface area contributed by atoms with Crippen molar-refractivity contribution in [2.24, 2.45) is 0 Å². The van der Waals surface area contributed by atoms with Crippen LogP contribution in [0.25, 0.3) is 0 Å². The molecule has 1 heterocycles. The fraction of sp³-hybridized carbons (Fsp3) is 0.471. The van der Waals surface area contributed by atoms with Gasteiger partial charge in [0.05, 0.1) is 19.0 Å². The lowest BCUT2D eigenvalue weighted by molar-refractivity contribution is -0.117. The lowest BCUT2D eigenvalue weighted by Gasteiger charge is -2.13. The van der Waals surface area contributed by atoms with Gasteiger partial charge in [-0.1, -0.05) is 12.1 Å². The maximum atomic E-state index is 12.0. The van der Waals surface area contributed by atoms with Crippen LogP contribution in [0.3, 0.4) is 0 Å². The van der Waals surface area contributed by atoms with Gasteiger partial charge in [-0.2, -0.15) is 0 Å². The number of hydrogen-bond donors (Lipinski definition) is 0. The molecule has 0 saturated heterocycles. The molecule has 0 aliphatic carbocycles. The lowest BCUT2D eigenvalue weighted by Crippen LogP contribution is -2.30. The molecule has 2 rings (SSSR count). The molecule has 2 radical (unpaired) electrons. The minimum absolute atomic E-state index is 0.00219. The van der Waals surface area contributed by atoms with E-state index in [1.807, 2.05) is 26.0 Å². The predicted molar refractivity (Wildman–Crippen MR) is 90.8 cm³/mol. The number of imide groups is 1. The Morgan fingerprint density at radius 2 is 1.52 bits per heavy atom. The molecule has 5 nitrogen and oxygen atoms in total. The minimum atomic E-state index is -0.245. The minimum Gasteiger partial charge on any atom is -0.312 e. The van der Waals surface area contributed by atoms with Crippen molar-refractivity contribution in [3.05, 3.63) is 35.4 Å². The Bertz CT molecular complexity index is 535. The summed E-state index contributed by atoms with van der Waals surface area (Å²) < 4.78 is 0. The highest BCUT2D eigenvalue weighted by Crippen LogP contribution is 2.22. The number of nitrogens with zero attached hydrogens (tertiary/aromatic N) is 2. The molecule has 6 heteroatoms. The summed E-state index contributed by atoms with van der Waals surface area (Å²) in [6.07, 6.45) is 1.72. The van der Waals surface area contributed by atoms with Gasteiger partial charge in [0.15, 0.2) is 0 Å². The Morgan fingerprint density at radius 3 is 1.96 bits per heavy atom. The molecule has 0 fully saturated rings. The number of benzene rings is 1. The molecule has 1 aliphatic rings. The summed E-state index contributed by atoms with van der Waals surface area (Å²) in [5.74, 6) is -0.487. The van der Waals surface area contributed by atoms with Crippen LogP contribution in [0.15, 0.2) is 24.3 Å².